The van der Waals surface area contributed by atoms with E-state index >= 15 is 0 Å². The van der Waals surface area contributed by atoms with E-state index in [1.165, 1.54) is 24.7 Å². The van der Waals surface area contributed by atoms with Gasteiger partial charge in [0.15, 0.2) is 0 Å². The van der Waals surface area contributed by atoms with Crippen LogP contribution in [0.15, 0.2) is 36.8 Å². The summed E-state index contributed by atoms with van der Waals surface area (Å²) >= 11 is 0. The number of piperidine rings is 1. The van der Waals surface area contributed by atoms with E-state index in [9.17, 15) is 14.0 Å². The molecule has 0 saturated carbocycles. The molecule has 2 N–H and O–H groups in total. The Balaban J connectivity index is 1.37. The highest BCUT2D eigenvalue weighted by atomic mass is 19.1. The lowest BCUT2D eigenvalue weighted by atomic mass is 9.97. The van der Waals surface area contributed by atoms with Gasteiger partial charge >= 0.3 is 6.09 Å². The Morgan fingerprint density at radius 2 is 2.00 bits per heavy atom. The summed E-state index contributed by atoms with van der Waals surface area (Å²) in [4.78, 5) is 32.2. The molecule has 2 heterocycles. The first-order valence-corrected chi connectivity index (χ1v) is 8.54. The lowest BCUT2D eigenvalue weighted by Crippen LogP contribution is -2.41. The van der Waals surface area contributed by atoms with Crippen molar-refractivity contribution in [3.8, 4) is 0 Å². The number of amides is 2. The molecule has 8 heteroatoms. The van der Waals surface area contributed by atoms with Crippen LogP contribution in [0.25, 0.3) is 0 Å². The molecule has 1 aliphatic heterocycles. The summed E-state index contributed by atoms with van der Waals surface area (Å²) in [6.07, 6.45) is 4.18. The van der Waals surface area contributed by atoms with Crippen LogP contribution in [-0.2, 0) is 11.3 Å². The number of carbonyl (C=O) groups is 2. The van der Waals surface area contributed by atoms with Crippen LogP contribution in [0.3, 0.4) is 0 Å². The second kappa shape index (κ2) is 8.46. The normalized spacial score (nSPS) is 14.9. The molecule has 1 aromatic carbocycles. The van der Waals surface area contributed by atoms with Crippen molar-refractivity contribution in [1.29, 1.82) is 0 Å². The Hall–Kier alpha value is -2.90. The van der Waals surface area contributed by atoms with Gasteiger partial charge in [-0.2, -0.15) is 0 Å². The van der Waals surface area contributed by atoms with Gasteiger partial charge in [-0.05, 0) is 36.5 Å². The lowest BCUT2D eigenvalue weighted by Gasteiger charge is -2.31. The van der Waals surface area contributed by atoms with E-state index < -0.39 is 0 Å². The highest BCUT2D eigenvalue weighted by Crippen LogP contribution is 2.17. The lowest BCUT2D eigenvalue weighted by molar-refractivity contribution is 0.0800. The summed E-state index contributed by atoms with van der Waals surface area (Å²) in [5, 5.41) is 2.87. The molecule has 3 rings (SSSR count). The number of aromatic amines is 1. The van der Waals surface area contributed by atoms with Crippen LogP contribution in [0.5, 0.6) is 0 Å². The Morgan fingerprint density at radius 1 is 1.27 bits per heavy atom. The molecule has 1 aliphatic rings. The predicted molar refractivity (Wildman–Crippen MR) is 91.8 cm³/mol. The third-order valence-electron chi connectivity index (χ3n) is 4.44. The minimum Gasteiger partial charge on any atom is -0.445 e. The van der Waals surface area contributed by atoms with Gasteiger partial charge in [0, 0.05) is 19.6 Å². The Labute approximate surface area is 150 Å². The van der Waals surface area contributed by atoms with Gasteiger partial charge in [0.25, 0.3) is 5.91 Å². The number of benzene rings is 1. The van der Waals surface area contributed by atoms with Gasteiger partial charge < -0.3 is 19.9 Å². The fourth-order valence-corrected chi connectivity index (χ4v) is 2.85. The van der Waals surface area contributed by atoms with Gasteiger partial charge in [-0.3, -0.25) is 4.79 Å². The molecule has 138 valence electrons. The molecule has 0 unspecified atom stereocenters. The van der Waals surface area contributed by atoms with Crippen molar-refractivity contribution in [2.24, 2.45) is 5.92 Å². The molecule has 7 nitrogen and oxygen atoms in total. The number of likely N-dealkylation sites (tertiary alicyclic amines) is 1. The van der Waals surface area contributed by atoms with Crippen molar-refractivity contribution in [3.05, 3.63) is 53.9 Å². The Morgan fingerprint density at radius 3 is 2.65 bits per heavy atom. The number of hydrogen-bond donors (Lipinski definition) is 2. The first-order valence-electron chi connectivity index (χ1n) is 8.54. The number of rotatable bonds is 5. The monoisotopic (exact) mass is 360 g/mol. The van der Waals surface area contributed by atoms with Crippen molar-refractivity contribution >= 4 is 12.0 Å². The van der Waals surface area contributed by atoms with Gasteiger partial charge in [-0.25, -0.2) is 14.2 Å². The molecule has 1 saturated heterocycles. The third kappa shape index (κ3) is 4.81. The summed E-state index contributed by atoms with van der Waals surface area (Å²) < 4.78 is 18.1. The van der Waals surface area contributed by atoms with Crippen molar-refractivity contribution in [1.82, 2.24) is 20.2 Å². The number of ether oxygens (including phenoxy) is 1. The van der Waals surface area contributed by atoms with Gasteiger partial charge in [0.1, 0.15) is 18.1 Å². The van der Waals surface area contributed by atoms with Crippen molar-refractivity contribution in [2.45, 2.75) is 19.4 Å². The molecule has 0 spiro atoms. The van der Waals surface area contributed by atoms with Crippen molar-refractivity contribution < 1.29 is 18.7 Å². The first-order chi connectivity index (χ1) is 12.6. The SMILES string of the molecule is O=C(NCC1CCN(C(=O)OCc2ccc(F)cc2)CC1)c1cnc[nH]1. The number of hydrogen-bond acceptors (Lipinski definition) is 4. The number of nitrogens with zero attached hydrogens (tertiary/aromatic N) is 2. The van der Waals surface area contributed by atoms with E-state index in [4.69, 9.17) is 4.74 Å². The molecule has 26 heavy (non-hydrogen) atoms. The zero-order chi connectivity index (χ0) is 18.4. The maximum atomic E-state index is 12.9. The number of aromatic nitrogens is 2. The molecule has 1 fully saturated rings. The second-order valence-electron chi connectivity index (χ2n) is 6.29. The minimum absolute atomic E-state index is 0.124. The van der Waals surface area contributed by atoms with Crippen molar-refractivity contribution in [2.75, 3.05) is 19.6 Å². The molecule has 2 aromatic rings. The predicted octanol–water partition coefficient (Wildman–Crippen LogP) is 2.33. The number of imidazole rings is 1. The summed E-state index contributed by atoms with van der Waals surface area (Å²) in [5.74, 6) is -0.173. The number of nitrogens with one attached hydrogen (secondary N) is 2. The maximum absolute atomic E-state index is 12.9. The van der Waals surface area contributed by atoms with Gasteiger partial charge in [-0.15, -0.1) is 0 Å². The third-order valence-corrected chi connectivity index (χ3v) is 4.44. The number of carbonyl (C=O) groups excluding carboxylic acids is 2. The molecular weight excluding hydrogens is 339 g/mol. The average molecular weight is 360 g/mol. The quantitative estimate of drug-likeness (QED) is 0.857. The van der Waals surface area contributed by atoms with Gasteiger partial charge in [-0.1, -0.05) is 12.1 Å². The standard InChI is InChI=1S/C18H21FN4O3/c19-15-3-1-14(2-4-15)11-26-18(25)23-7-5-13(6-8-23)9-21-17(24)16-10-20-12-22-16/h1-4,10,12-13H,5-9,11H2,(H,20,22)(H,21,24). The van der Waals surface area contributed by atoms with Crippen LogP contribution in [0.2, 0.25) is 0 Å². The molecule has 0 atom stereocenters. The van der Waals surface area contributed by atoms with Crippen LogP contribution < -0.4 is 5.32 Å². The first kappa shape index (κ1) is 17.9. The molecule has 1 aromatic heterocycles. The van der Waals surface area contributed by atoms with Crippen LogP contribution in [0, 0.1) is 11.7 Å². The van der Waals surface area contributed by atoms with Crippen LogP contribution >= 0.6 is 0 Å². The average Bonchev–Trinajstić information content (AvgIpc) is 3.21. The topological polar surface area (TPSA) is 87.3 Å². The summed E-state index contributed by atoms with van der Waals surface area (Å²) in [6, 6.07) is 5.87. The van der Waals surface area contributed by atoms with Crippen LogP contribution in [-0.4, -0.2) is 46.5 Å². The largest absolute Gasteiger partial charge is 0.445 e. The zero-order valence-electron chi connectivity index (χ0n) is 14.3. The molecular formula is C18H21FN4O3. The zero-order valence-corrected chi connectivity index (χ0v) is 14.3. The maximum Gasteiger partial charge on any atom is 0.410 e. The molecule has 2 amide bonds. The van der Waals surface area contributed by atoms with Gasteiger partial charge in [0.05, 0.1) is 12.5 Å². The summed E-state index contributed by atoms with van der Waals surface area (Å²) in [5.41, 5.74) is 1.18. The fraction of sp³-hybridized carbons (Fsp3) is 0.389. The number of halogens is 1. The highest BCUT2D eigenvalue weighted by Gasteiger charge is 2.24. The molecule has 0 aliphatic carbocycles. The number of H-pyrrole nitrogens is 1. The fourth-order valence-electron chi connectivity index (χ4n) is 2.85. The van der Waals surface area contributed by atoms with Crippen molar-refractivity contribution in [3.63, 3.8) is 0 Å². The van der Waals surface area contributed by atoms with Gasteiger partial charge in [0.2, 0.25) is 0 Å². The van der Waals surface area contributed by atoms with E-state index in [2.05, 4.69) is 15.3 Å². The smallest absolute Gasteiger partial charge is 0.410 e. The minimum atomic E-state index is -0.366. The van der Waals surface area contributed by atoms with E-state index in [0.29, 0.717) is 31.2 Å². The van der Waals surface area contributed by atoms with E-state index in [-0.39, 0.29) is 24.4 Å². The Kier molecular flexibility index (Phi) is 5.83. The second-order valence-corrected chi connectivity index (χ2v) is 6.29. The molecule has 0 bridgehead atoms. The van der Waals surface area contributed by atoms with Crippen LogP contribution in [0.1, 0.15) is 28.9 Å². The van der Waals surface area contributed by atoms with E-state index in [1.54, 1.807) is 17.0 Å². The summed E-state index contributed by atoms with van der Waals surface area (Å²) in [7, 11) is 0. The summed E-state index contributed by atoms with van der Waals surface area (Å²) in [6.45, 7) is 1.87. The Bertz CT molecular complexity index is 725. The highest BCUT2D eigenvalue weighted by molar-refractivity contribution is 5.91. The van der Waals surface area contributed by atoms with E-state index in [1.807, 2.05) is 0 Å². The molecule has 0 radical (unpaired) electrons. The van der Waals surface area contributed by atoms with Crippen LogP contribution in [0.4, 0.5) is 9.18 Å². The van der Waals surface area contributed by atoms with E-state index in [0.717, 1.165) is 18.4 Å².